The van der Waals surface area contributed by atoms with Crippen molar-refractivity contribution in [3.63, 3.8) is 0 Å². The maximum Gasteiger partial charge on any atom is 0.225 e. The van der Waals surface area contributed by atoms with Crippen molar-refractivity contribution in [1.29, 1.82) is 5.26 Å². The second kappa shape index (κ2) is 6.28. The summed E-state index contributed by atoms with van der Waals surface area (Å²) in [5.41, 5.74) is 0. The van der Waals surface area contributed by atoms with Gasteiger partial charge in [-0.25, -0.2) is 5.10 Å². The van der Waals surface area contributed by atoms with Crippen molar-refractivity contribution in [3.05, 3.63) is 4.77 Å². The number of aromatic nitrogens is 3. The Kier molecular flexibility index (Phi) is 4.99. The summed E-state index contributed by atoms with van der Waals surface area (Å²) in [6, 6.07) is 2.12. The number of rotatable bonds is 6. The van der Waals surface area contributed by atoms with E-state index in [4.69, 9.17) is 17.5 Å². The average Bonchev–Trinajstić information content (AvgIpc) is 2.65. The van der Waals surface area contributed by atoms with Gasteiger partial charge >= 0.3 is 0 Å². The van der Waals surface area contributed by atoms with E-state index in [1.54, 1.807) is 0 Å². The highest BCUT2D eigenvalue weighted by Gasteiger charge is 2.09. The smallest absolute Gasteiger partial charge is 0.225 e. The summed E-state index contributed by atoms with van der Waals surface area (Å²) in [7, 11) is 1.92. The van der Waals surface area contributed by atoms with Gasteiger partial charge < -0.3 is 4.90 Å². The molecule has 0 spiro atoms. The van der Waals surface area contributed by atoms with E-state index in [0.29, 0.717) is 17.7 Å². The van der Waals surface area contributed by atoms with Crippen LogP contribution in [0.3, 0.4) is 0 Å². The second-order valence-corrected chi connectivity index (χ2v) is 4.05. The Labute approximate surface area is 101 Å². The molecule has 1 N–H and O–H groups in total. The monoisotopic (exact) mass is 239 g/mol. The van der Waals surface area contributed by atoms with Crippen LogP contribution in [0.5, 0.6) is 0 Å². The normalized spacial score (nSPS) is 10.1. The summed E-state index contributed by atoms with van der Waals surface area (Å²) in [5, 5.41) is 15.5. The molecule has 0 aromatic carbocycles. The topological polar surface area (TPSA) is 60.6 Å². The van der Waals surface area contributed by atoms with Crippen molar-refractivity contribution >= 4 is 18.2 Å². The van der Waals surface area contributed by atoms with Crippen LogP contribution in [-0.2, 0) is 6.54 Å². The molecule has 0 radical (unpaired) electrons. The SMILES string of the molecule is CCCCn1c(N(C)CCC#N)n[nH]c1=S. The summed E-state index contributed by atoms with van der Waals surface area (Å²) in [5.74, 6) is 0.814. The summed E-state index contributed by atoms with van der Waals surface area (Å²) in [4.78, 5) is 1.95. The molecule has 0 saturated heterocycles. The molecule has 6 heteroatoms. The molecule has 0 aliphatic heterocycles. The Balaban J connectivity index is 2.79. The summed E-state index contributed by atoms with van der Waals surface area (Å²) in [6.45, 7) is 3.68. The number of hydrogen-bond acceptors (Lipinski definition) is 4. The maximum atomic E-state index is 8.55. The molecule has 0 aliphatic rings. The van der Waals surface area contributed by atoms with Gasteiger partial charge in [-0.3, -0.25) is 4.57 Å². The van der Waals surface area contributed by atoms with Crippen LogP contribution in [0.15, 0.2) is 0 Å². The average molecular weight is 239 g/mol. The molecule has 1 rings (SSSR count). The number of unbranched alkanes of at least 4 members (excludes halogenated alkanes) is 1. The molecule has 0 aliphatic carbocycles. The van der Waals surface area contributed by atoms with Crippen molar-refractivity contribution in [3.8, 4) is 6.07 Å². The molecular weight excluding hydrogens is 222 g/mol. The van der Waals surface area contributed by atoms with E-state index in [-0.39, 0.29) is 0 Å². The van der Waals surface area contributed by atoms with Gasteiger partial charge in [0, 0.05) is 20.1 Å². The van der Waals surface area contributed by atoms with Gasteiger partial charge in [0.15, 0.2) is 4.77 Å². The van der Waals surface area contributed by atoms with Gasteiger partial charge in [0.2, 0.25) is 5.95 Å². The van der Waals surface area contributed by atoms with Crippen molar-refractivity contribution in [2.24, 2.45) is 0 Å². The Morgan fingerprint density at radius 1 is 1.62 bits per heavy atom. The Hall–Kier alpha value is -1.35. The maximum absolute atomic E-state index is 8.55. The zero-order valence-electron chi connectivity index (χ0n) is 9.73. The van der Waals surface area contributed by atoms with Crippen LogP contribution in [0.1, 0.15) is 26.2 Å². The predicted octanol–water partition coefficient (Wildman–Crippen LogP) is 2.09. The van der Waals surface area contributed by atoms with Gasteiger partial charge in [-0.1, -0.05) is 13.3 Å². The molecule has 5 nitrogen and oxygen atoms in total. The van der Waals surface area contributed by atoms with Gasteiger partial charge in [0.05, 0.1) is 12.5 Å². The Morgan fingerprint density at radius 3 is 3.00 bits per heavy atom. The molecule has 0 saturated carbocycles. The van der Waals surface area contributed by atoms with Crippen LogP contribution in [0.4, 0.5) is 5.95 Å². The fourth-order valence-corrected chi connectivity index (χ4v) is 1.65. The molecule has 16 heavy (non-hydrogen) atoms. The van der Waals surface area contributed by atoms with Gasteiger partial charge in [-0.15, -0.1) is 5.10 Å². The van der Waals surface area contributed by atoms with Crippen molar-refractivity contribution < 1.29 is 0 Å². The Bertz CT molecular complexity index is 414. The number of anilines is 1. The second-order valence-electron chi connectivity index (χ2n) is 3.66. The number of nitriles is 1. The van der Waals surface area contributed by atoms with E-state index in [1.165, 1.54) is 0 Å². The fourth-order valence-electron chi connectivity index (χ4n) is 1.44. The first-order chi connectivity index (χ1) is 7.70. The zero-order chi connectivity index (χ0) is 12.0. The number of aromatic amines is 1. The van der Waals surface area contributed by atoms with Crippen molar-refractivity contribution in [2.45, 2.75) is 32.7 Å². The third-order valence-electron chi connectivity index (χ3n) is 2.37. The van der Waals surface area contributed by atoms with E-state index in [9.17, 15) is 0 Å². The lowest BCUT2D eigenvalue weighted by Gasteiger charge is -2.17. The van der Waals surface area contributed by atoms with Crippen LogP contribution in [0.2, 0.25) is 0 Å². The largest absolute Gasteiger partial charge is 0.343 e. The minimum absolute atomic E-state index is 0.490. The van der Waals surface area contributed by atoms with Gasteiger partial charge in [-0.2, -0.15) is 5.26 Å². The quantitative estimate of drug-likeness (QED) is 0.772. The van der Waals surface area contributed by atoms with Crippen molar-refractivity contribution in [1.82, 2.24) is 14.8 Å². The lowest BCUT2D eigenvalue weighted by molar-refractivity contribution is 0.616. The van der Waals surface area contributed by atoms with Crippen LogP contribution in [0, 0.1) is 16.1 Å². The molecule has 1 aromatic heterocycles. The summed E-state index contributed by atoms with van der Waals surface area (Å²) in [6.07, 6.45) is 2.69. The first-order valence-corrected chi connectivity index (χ1v) is 5.84. The van der Waals surface area contributed by atoms with Crippen molar-refractivity contribution in [2.75, 3.05) is 18.5 Å². The molecule has 88 valence electrons. The first kappa shape index (κ1) is 12.7. The molecule has 0 unspecified atom stereocenters. The van der Waals surface area contributed by atoms with Crippen LogP contribution in [-0.4, -0.2) is 28.4 Å². The van der Waals surface area contributed by atoms with E-state index < -0.39 is 0 Å². The number of H-pyrrole nitrogens is 1. The number of nitrogens with zero attached hydrogens (tertiary/aromatic N) is 4. The molecule has 0 fully saturated rings. The fraction of sp³-hybridized carbons (Fsp3) is 0.700. The number of hydrogen-bond donors (Lipinski definition) is 1. The third-order valence-corrected chi connectivity index (χ3v) is 2.69. The zero-order valence-corrected chi connectivity index (χ0v) is 10.5. The highest BCUT2D eigenvalue weighted by atomic mass is 32.1. The molecule has 0 amide bonds. The minimum atomic E-state index is 0.490. The van der Waals surface area contributed by atoms with Gasteiger partial charge in [0.25, 0.3) is 0 Å². The summed E-state index contributed by atoms with van der Waals surface area (Å²) < 4.78 is 2.63. The molecule has 0 bridgehead atoms. The third kappa shape index (κ3) is 3.07. The van der Waals surface area contributed by atoms with E-state index >= 15 is 0 Å². The predicted molar refractivity (Wildman–Crippen MR) is 65.8 cm³/mol. The van der Waals surface area contributed by atoms with Crippen LogP contribution in [0.25, 0.3) is 0 Å². The minimum Gasteiger partial charge on any atom is -0.343 e. The molecule has 0 atom stereocenters. The summed E-state index contributed by atoms with van der Waals surface area (Å²) >= 11 is 5.17. The van der Waals surface area contributed by atoms with Gasteiger partial charge in [-0.05, 0) is 18.6 Å². The molecule has 1 aromatic rings. The number of nitrogens with one attached hydrogen (secondary N) is 1. The standard InChI is InChI=1S/C10H17N5S/c1-3-4-8-15-9(12-13-10(15)16)14(2)7-5-6-11/h3-5,7-8H2,1-2H3,(H,13,16). The molecular formula is C10H17N5S. The van der Waals surface area contributed by atoms with E-state index in [1.807, 2.05) is 16.5 Å². The van der Waals surface area contributed by atoms with E-state index in [0.717, 1.165) is 25.3 Å². The van der Waals surface area contributed by atoms with Gasteiger partial charge in [0.1, 0.15) is 0 Å². The highest BCUT2D eigenvalue weighted by molar-refractivity contribution is 7.71. The lowest BCUT2D eigenvalue weighted by atomic mass is 10.3. The van der Waals surface area contributed by atoms with E-state index in [2.05, 4.69) is 23.2 Å². The van der Waals surface area contributed by atoms with Crippen LogP contribution >= 0.6 is 12.2 Å². The lowest BCUT2D eigenvalue weighted by Crippen LogP contribution is -2.22. The molecule has 1 heterocycles. The first-order valence-electron chi connectivity index (χ1n) is 5.44. The highest BCUT2D eigenvalue weighted by Crippen LogP contribution is 2.11. The van der Waals surface area contributed by atoms with Crippen LogP contribution < -0.4 is 4.90 Å². The Morgan fingerprint density at radius 2 is 2.38 bits per heavy atom.